The van der Waals surface area contributed by atoms with Crippen molar-refractivity contribution in [2.75, 3.05) is 37.6 Å². The minimum atomic E-state index is 0.0265. The fourth-order valence-electron chi connectivity index (χ4n) is 3.35. The van der Waals surface area contributed by atoms with E-state index in [1.165, 1.54) is 10.4 Å². The van der Waals surface area contributed by atoms with Gasteiger partial charge in [0.15, 0.2) is 0 Å². The normalized spacial score (nSPS) is 14.7. The summed E-state index contributed by atoms with van der Waals surface area (Å²) in [6.45, 7) is 5.65. The number of anilines is 1. The third kappa shape index (κ3) is 3.24. The Labute approximate surface area is 157 Å². The molecule has 0 aliphatic carbocycles. The maximum absolute atomic E-state index is 12.0. The number of hydrogen-bond acceptors (Lipinski definition) is 4. The van der Waals surface area contributed by atoms with Gasteiger partial charge in [0.05, 0.1) is 5.52 Å². The number of carbonyl (C=O) groups is 1. The molecule has 1 saturated heterocycles. The first-order chi connectivity index (χ1) is 12.8. The standard InChI is InChI=1S/C20H22N4OS/c1-2-21-20(25)24-12-10-23(11-13-24)18-9-8-15-5-3-6-16(19(15)22-18)17-7-4-14-26-17/h3-9,14H,2,10-13H2,1H3,(H,21,25). The van der Waals surface area contributed by atoms with Gasteiger partial charge in [0.25, 0.3) is 0 Å². The lowest BCUT2D eigenvalue weighted by Gasteiger charge is -2.35. The van der Waals surface area contributed by atoms with Crippen molar-refractivity contribution in [1.29, 1.82) is 0 Å². The smallest absolute Gasteiger partial charge is 0.317 e. The van der Waals surface area contributed by atoms with Crippen LogP contribution < -0.4 is 10.2 Å². The molecule has 0 atom stereocenters. The molecule has 26 heavy (non-hydrogen) atoms. The number of hydrogen-bond donors (Lipinski definition) is 1. The van der Waals surface area contributed by atoms with E-state index in [-0.39, 0.29) is 6.03 Å². The van der Waals surface area contributed by atoms with Gasteiger partial charge in [-0.25, -0.2) is 9.78 Å². The van der Waals surface area contributed by atoms with Crippen LogP contribution in [0.2, 0.25) is 0 Å². The summed E-state index contributed by atoms with van der Waals surface area (Å²) in [5.74, 6) is 0.983. The molecule has 1 aromatic carbocycles. The van der Waals surface area contributed by atoms with Gasteiger partial charge in [-0.2, -0.15) is 0 Å². The summed E-state index contributed by atoms with van der Waals surface area (Å²) < 4.78 is 0. The van der Waals surface area contributed by atoms with E-state index in [0.29, 0.717) is 6.54 Å². The molecule has 3 aromatic rings. The number of carbonyl (C=O) groups excluding carboxylic acids is 1. The number of fused-ring (bicyclic) bond motifs is 1. The zero-order valence-corrected chi connectivity index (χ0v) is 15.6. The number of para-hydroxylation sites is 1. The van der Waals surface area contributed by atoms with E-state index in [4.69, 9.17) is 4.98 Å². The topological polar surface area (TPSA) is 48.5 Å². The van der Waals surface area contributed by atoms with Gasteiger partial charge in [-0.05, 0) is 30.5 Å². The van der Waals surface area contributed by atoms with Gasteiger partial charge in [0, 0.05) is 48.6 Å². The molecule has 0 radical (unpaired) electrons. The molecular formula is C20H22N4OS. The Morgan fingerprint density at radius 1 is 1.12 bits per heavy atom. The zero-order chi connectivity index (χ0) is 17.9. The van der Waals surface area contributed by atoms with E-state index in [0.717, 1.165) is 42.9 Å². The highest BCUT2D eigenvalue weighted by molar-refractivity contribution is 7.13. The van der Waals surface area contributed by atoms with E-state index in [1.807, 2.05) is 11.8 Å². The van der Waals surface area contributed by atoms with Crippen LogP contribution in [-0.4, -0.2) is 48.6 Å². The summed E-state index contributed by atoms with van der Waals surface area (Å²) in [4.78, 5) is 22.3. The van der Waals surface area contributed by atoms with Crippen molar-refractivity contribution in [1.82, 2.24) is 15.2 Å². The zero-order valence-electron chi connectivity index (χ0n) is 14.8. The first-order valence-corrected chi connectivity index (χ1v) is 9.85. The minimum absolute atomic E-state index is 0.0265. The highest BCUT2D eigenvalue weighted by Crippen LogP contribution is 2.32. The highest BCUT2D eigenvalue weighted by Gasteiger charge is 2.21. The molecule has 1 fully saturated rings. The van der Waals surface area contributed by atoms with Crippen LogP contribution in [0.15, 0.2) is 47.8 Å². The number of rotatable bonds is 3. The van der Waals surface area contributed by atoms with Gasteiger partial charge in [-0.1, -0.05) is 24.3 Å². The van der Waals surface area contributed by atoms with Gasteiger partial charge in [-0.15, -0.1) is 11.3 Å². The predicted molar refractivity (Wildman–Crippen MR) is 108 cm³/mol. The lowest BCUT2D eigenvalue weighted by molar-refractivity contribution is 0.195. The Morgan fingerprint density at radius 3 is 2.69 bits per heavy atom. The van der Waals surface area contributed by atoms with E-state index >= 15 is 0 Å². The molecule has 134 valence electrons. The summed E-state index contributed by atoms with van der Waals surface area (Å²) in [5, 5.41) is 6.12. The van der Waals surface area contributed by atoms with Crippen LogP contribution in [0.1, 0.15) is 6.92 Å². The van der Waals surface area contributed by atoms with Gasteiger partial charge < -0.3 is 15.1 Å². The first-order valence-electron chi connectivity index (χ1n) is 8.97. The Balaban J connectivity index is 1.58. The summed E-state index contributed by atoms with van der Waals surface area (Å²) in [6, 6.07) is 14.8. The molecular weight excluding hydrogens is 344 g/mol. The summed E-state index contributed by atoms with van der Waals surface area (Å²) in [6.07, 6.45) is 0. The highest BCUT2D eigenvalue weighted by atomic mass is 32.1. The number of pyridine rings is 1. The average molecular weight is 366 g/mol. The molecule has 1 aliphatic rings. The molecule has 1 aliphatic heterocycles. The number of nitrogens with zero attached hydrogens (tertiary/aromatic N) is 3. The largest absolute Gasteiger partial charge is 0.353 e. The number of urea groups is 1. The SMILES string of the molecule is CCNC(=O)N1CCN(c2ccc3cccc(-c4cccs4)c3n2)CC1. The molecule has 0 saturated carbocycles. The molecule has 3 heterocycles. The van der Waals surface area contributed by atoms with Crippen LogP contribution in [0.5, 0.6) is 0 Å². The maximum Gasteiger partial charge on any atom is 0.317 e. The Hall–Kier alpha value is -2.60. The quantitative estimate of drug-likeness (QED) is 0.767. The van der Waals surface area contributed by atoms with Crippen LogP contribution in [0.4, 0.5) is 10.6 Å². The lowest BCUT2D eigenvalue weighted by Crippen LogP contribution is -2.52. The molecule has 1 N–H and O–H groups in total. The Bertz CT molecular complexity index is 901. The average Bonchev–Trinajstić information content (AvgIpc) is 3.22. The van der Waals surface area contributed by atoms with E-state index in [9.17, 15) is 4.79 Å². The van der Waals surface area contributed by atoms with Crippen LogP contribution in [0, 0.1) is 0 Å². The molecule has 5 nitrogen and oxygen atoms in total. The third-order valence-corrected chi connectivity index (χ3v) is 5.61. The van der Waals surface area contributed by atoms with Crippen molar-refractivity contribution in [3.63, 3.8) is 0 Å². The second-order valence-electron chi connectivity index (χ2n) is 6.33. The second kappa shape index (κ2) is 7.33. The Morgan fingerprint density at radius 2 is 1.96 bits per heavy atom. The number of piperazine rings is 1. The monoisotopic (exact) mass is 366 g/mol. The number of thiophene rings is 1. The van der Waals surface area contributed by atoms with Crippen molar-refractivity contribution >= 4 is 34.1 Å². The molecule has 0 bridgehead atoms. The Kier molecular flexibility index (Phi) is 4.75. The molecule has 6 heteroatoms. The predicted octanol–water partition coefficient (Wildman–Crippen LogP) is 3.81. The van der Waals surface area contributed by atoms with Crippen molar-refractivity contribution in [2.24, 2.45) is 0 Å². The van der Waals surface area contributed by atoms with Crippen LogP contribution in [0.25, 0.3) is 21.3 Å². The van der Waals surface area contributed by atoms with Gasteiger partial charge >= 0.3 is 6.03 Å². The third-order valence-electron chi connectivity index (χ3n) is 4.71. The minimum Gasteiger partial charge on any atom is -0.353 e. The molecule has 4 rings (SSSR count). The summed E-state index contributed by atoms with van der Waals surface area (Å²) >= 11 is 1.74. The number of benzene rings is 1. The van der Waals surface area contributed by atoms with Crippen molar-refractivity contribution in [3.05, 3.63) is 47.8 Å². The number of aromatic nitrogens is 1. The van der Waals surface area contributed by atoms with E-state index in [2.05, 4.69) is 58.1 Å². The molecule has 2 amide bonds. The fourth-order valence-corrected chi connectivity index (χ4v) is 4.10. The summed E-state index contributed by atoms with van der Waals surface area (Å²) in [7, 11) is 0. The van der Waals surface area contributed by atoms with Gasteiger partial charge in [0.1, 0.15) is 5.82 Å². The molecule has 0 unspecified atom stereocenters. The molecule has 2 aromatic heterocycles. The van der Waals surface area contributed by atoms with Crippen molar-refractivity contribution in [2.45, 2.75) is 6.92 Å². The van der Waals surface area contributed by atoms with Gasteiger partial charge in [0.2, 0.25) is 0 Å². The van der Waals surface area contributed by atoms with Gasteiger partial charge in [-0.3, -0.25) is 0 Å². The maximum atomic E-state index is 12.0. The van der Waals surface area contributed by atoms with Crippen molar-refractivity contribution in [3.8, 4) is 10.4 Å². The number of amides is 2. The van der Waals surface area contributed by atoms with Crippen LogP contribution in [0.3, 0.4) is 0 Å². The molecule has 0 spiro atoms. The van der Waals surface area contributed by atoms with Crippen LogP contribution >= 0.6 is 11.3 Å². The second-order valence-corrected chi connectivity index (χ2v) is 7.28. The first kappa shape index (κ1) is 16.8. The van der Waals surface area contributed by atoms with Crippen LogP contribution in [-0.2, 0) is 0 Å². The lowest BCUT2D eigenvalue weighted by atomic mass is 10.1. The number of nitrogens with one attached hydrogen (secondary N) is 1. The van der Waals surface area contributed by atoms with E-state index in [1.54, 1.807) is 11.3 Å². The fraction of sp³-hybridized carbons (Fsp3) is 0.300. The summed E-state index contributed by atoms with van der Waals surface area (Å²) in [5.41, 5.74) is 2.22. The van der Waals surface area contributed by atoms with E-state index < -0.39 is 0 Å². The van der Waals surface area contributed by atoms with Crippen molar-refractivity contribution < 1.29 is 4.79 Å².